The summed E-state index contributed by atoms with van der Waals surface area (Å²) in [6, 6.07) is 3.80. The van der Waals surface area contributed by atoms with Gasteiger partial charge in [-0.05, 0) is 45.7 Å². The zero-order valence-corrected chi connectivity index (χ0v) is 13.4. The van der Waals surface area contributed by atoms with Crippen molar-refractivity contribution in [1.29, 1.82) is 0 Å². The third kappa shape index (κ3) is 3.11. The molecule has 1 aliphatic heterocycles. The van der Waals surface area contributed by atoms with E-state index < -0.39 is 0 Å². The van der Waals surface area contributed by atoms with Crippen molar-refractivity contribution in [2.45, 2.75) is 45.2 Å². The molecule has 0 saturated carbocycles. The zero-order valence-electron chi connectivity index (χ0n) is 13.4. The second-order valence-electron chi connectivity index (χ2n) is 6.88. The Morgan fingerprint density at radius 2 is 2.05 bits per heavy atom. The van der Waals surface area contributed by atoms with Crippen molar-refractivity contribution in [2.24, 2.45) is 0 Å². The number of fused-ring (bicyclic) bond motifs is 1. The smallest absolute Gasteiger partial charge is 0.270 e. The fraction of sp³-hybridized carbons (Fsp3) is 0.562. The molecule has 1 amide bonds. The molecule has 6 nitrogen and oxygen atoms in total. The number of piperidine rings is 1. The highest BCUT2D eigenvalue weighted by Crippen LogP contribution is 2.20. The Kier molecular flexibility index (Phi) is 3.87. The van der Waals surface area contributed by atoms with Crippen LogP contribution in [0.15, 0.2) is 18.5 Å². The lowest BCUT2D eigenvalue weighted by Gasteiger charge is -2.41. The van der Waals surface area contributed by atoms with Gasteiger partial charge in [0.05, 0.1) is 11.8 Å². The Hall–Kier alpha value is -1.95. The van der Waals surface area contributed by atoms with Gasteiger partial charge in [0.25, 0.3) is 5.91 Å². The van der Waals surface area contributed by atoms with Crippen molar-refractivity contribution in [3.8, 4) is 0 Å². The van der Waals surface area contributed by atoms with Crippen LogP contribution in [0.2, 0.25) is 0 Å². The van der Waals surface area contributed by atoms with Crippen molar-refractivity contribution in [3.63, 3.8) is 0 Å². The van der Waals surface area contributed by atoms with Gasteiger partial charge in [-0.25, -0.2) is 9.97 Å². The first-order chi connectivity index (χ1) is 10.4. The van der Waals surface area contributed by atoms with E-state index in [9.17, 15) is 4.79 Å². The minimum atomic E-state index is -0.112. The van der Waals surface area contributed by atoms with Gasteiger partial charge in [0.1, 0.15) is 5.69 Å². The van der Waals surface area contributed by atoms with Gasteiger partial charge in [0.15, 0.2) is 5.65 Å². The number of nitrogens with one attached hydrogen (secondary N) is 2. The molecule has 0 atom stereocenters. The first-order valence-corrected chi connectivity index (χ1v) is 7.79. The van der Waals surface area contributed by atoms with E-state index in [-0.39, 0.29) is 17.5 Å². The molecule has 2 N–H and O–H groups in total. The number of hydrogen-bond donors (Lipinski definition) is 2. The number of carbonyl (C=O) groups is 1. The largest absolute Gasteiger partial charge is 0.348 e. The number of H-pyrrole nitrogens is 1. The third-order valence-corrected chi connectivity index (χ3v) is 4.29. The molecule has 2 aromatic heterocycles. The van der Waals surface area contributed by atoms with E-state index in [4.69, 9.17) is 0 Å². The molecule has 0 bridgehead atoms. The van der Waals surface area contributed by atoms with Gasteiger partial charge in [-0.1, -0.05) is 0 Å². The van der Waals surface area contributed by atoms with Gasteiger partial charge >= 0.3 is 0 Å². The van der Waals surface area contributed by atoms with E-state index >= 15 is 0 Å². The molecule has 0 radical (unpaired) electrons. The molecule has 3 heterocycles. The van der Waals surface area contributed by atoms with Gasteiger partial charge in [-0.15, -0.1) is 0 Å². The van der Waals surface area contributed by atoms with E-state index in [0.717, 1.165) is 31.4 Å². The van der Waals surface area contributed by atoms with Crippen LogP contribution >= 0.6 is 0 Å². The van der Waals surface area contributed by atoms with Crippen molar-refractivity contribution in [1.82, 2.24) is 25.2 Å². The van der Waals surface area contributed by atoms with Crippen molar-refractivity contribution >= 4 is 17.1 Å². The molecular formula is C16H23N5O. The number of aromatic amines is 1. The highest BCUT2D eigenvalue weighted by molar-refractivity contribution is 5.94. The fourth-order valence-electron chi connectivity index (χ4n) is 2.90. The molecule has 3 rings (SSSR count). The summed E-state index contributed by atoms with van der Waals surface area (Å²) in [4.78, 5) is 26.2. The minimum Gasteiger partial charge on any atom is -0.348 e. The highest BCUT2D eigenvalue weighted by atomic mass is 16.1. The molecule has 0 aliphatic carbocycles. The number of rotatable bonds is 2. The van der Waals surface area contributed by atoms with Crippen LogP contribution in [0.1, 0.15) is 44.1 Å². The third-order valence-electron chi connectivity index (χ3n) is 4.29. The van der Waals surface area contributed by atoms with Crippen LogP contribution in [0.3, 0.4) is 0 Å². The summed E-state index contributed by atoms with van der Waals surface area (Å²) in [7, 11) is 0. The number of likely N-dealkylation sites (tertiary alicyclic amines) is 1. The predicted molar refractivity (Wildman–Crippen MR) is 85.7 cm³/mol. The maximum Gasteiger partial charge on any atom is 0.270 e. The van der Waals surface area contributed by atoms with E-state index in [2.05, 4.69) is 45.9 Å². The van der Waals surface area contributed by atoms with Gasteiger partial charge < -0.3 is 10.3 Å². The first kappa shape index (κ1) is 15.0. The number of aromatic nitrogens is 3. The van der Waals surface area contributed by atoms with Gasteiger partial charge in [0.2, 0.25) is 0 Å². The fourth-order valence-corrected chi connectivity index (χ4v) is 2.90. The van der Waals surface area contributed by atoms with Crippen LogP contribution in [-0.2, 0) is 0 Å². The highest BCUT2D eigenvalue weighted by Gasteiger charge is 2.27. The second kappa shape index (κ2) is 5.68. The number of carbonyl (C=O) groups excluding carboxylic acids is 1. The van der Waals surface area contributed by atoms with Crippen molar-refractivity contribution in [2.75, 3.05) is 13.1 Å². The lowest BCUT2D eigenvalue weighted by Crippen LogP contribution is -2.50. The average Bonchev–Trinajstić information content (AvgIpc) is 2.94. The lowest BCUT2D eigenvalue weighted by atomic mass is 9.98. The number of amides is 1. The van der Waals surface area contributed by atoms with Gasteiger partial charge in [-0.3, -0.25) is 9.69 Å². The lowest BCUT2D eigenvalue weighted by molar-refractivity contribution is 0.0809. The zero-order chi connectivity index (χ0) is 15.7. The maximum atomic E-state index is 12.3. The molecule has 22 heavy (non-hydrogen) atoms. The molecule has 118 valence electrons. The summed E-state index contributed by atoms with van der Waals surface area (Å²) in [6.45, 7) is 8.72. The Morgan fingerprint density at radius 3 is 2.73 bits per heavy atom. The quantitative estimate of drug-likeness (QED) is 0.889. The monoisotopic (exact) mass is 301 g/mol. The standard InChI is InChI=1S/C16H23N5O/c1-16(2,3)21-8-6-11(7-9-21)19-15(22)13-5-4-12-14(20-13)18-10-17-12/h4-5,10-11H,6-9H2,1-3H3,(H,19,22)(H,17,18,20). The van der Waals surface area contributed by atoms with Crippen LogP contribution in [0.5, 0.6) is 0 Å². The molecule has 2 aromatic rings. The summed E-state index contributed by atoms with van der Waals surface area (Å²) < 4.78 is 0. The second-order valence-corrected chi connectivity index (χ2v) is 6.88. The predicted octanol–water partition coefficient (Wildman–Crippen LogP) is 1.95. The van der Waals surface area contributed by atoms with E-state index in [0.29, 0.717) is 11.3 Å². The molecule has 0 aromatic carbocycles. The maximum absolute atomic E-state index is 12.3. The summed E-state index contributed by atoms with van der Waals surface area (Å²) in [5.41, 5.74) is 2.05. The van der Waals surface area contributed by atoms with Gasteiger partial charge in [0, 0.05) is 24.7 Å². The van der Waals surface area contributed by atoms with Crippen LogP contribution in [0.25, 0.3) is 11.2 Å². The Balaban J connectivity index is 1.60. The van der Waals surface area contributed by atoms with Crippen LogP contribution in [0.4, 0.5) is 0 Å². The van der Waals surface area contributed by atoms with E-state index in [1.54, 1.807) is 12.4 Å². The molecular weight excluding hydrogens is 278 g/mol. The minimum absolute atomic E-state index is 0.112. The summed E-state index contributed by atoms with van der Waals surface area (Å²) >= 11 is 0. The molecule has 6 heteroatoms. The number of imidazole rings is 1. The van der Waals surface area contributed by atoms with Crippen molar-refractivity contribution in [3.05, 3.63) is 24.2 Å². The molecule has 0 spiro atoms. The summed E-state index contributed by atoms with van der Waals surface area (Å²) in [5.74, 6) is -0.112. The SMILES string of the molecule is CC(C)(C)N1CCC(NC(=O)c2ccc3[nH]cnc3n2)CC1. The first-order valence-electron chi connectivity index (χ1n) is 7.79. The van der Waals surface area contributed by atoms with E-state index in [1.807, 2.05) is 6.07 Å². The Morgan fingerprint density at radius 1 is 1.32 bits per heavy atom. The van der Waals surface area contributed by atoms with E-state index in [1.165, 1.54) is 0 Å². The Bertz CT molecular complexity index is 664. The molecule has 1 aliphatic rings. The molecule has 0 unspecified atom stereocenters. The number of nitrogens with zero attached hydrogens (tertiary/aromatic N) is 3. The summed E-state index contributed by atoms with van der Waals surface area (Å²) in [5, 5.41) is 3.10. The number of pyridine rings is 1. The van der Waals surface area contributed by atoms with Crippen LogP contribution < -0.4 is 5.32 Å². The molecule has 1 saturated heterocycles. The molecule has 1 fully saturated rings. The summed E-state index contributed by atoms with van der Waals surface area (Å²) in [6.07, 6.45) is 3.54. The van der Waals surface area contributed by atoms with Gasteiger partial charge in [-0.2, -0.15) is 0 Å². The normalized spacial score (nSPS) is 17.8. The van der Waals surface area contributed by atoms with Crippen LogP contribution in [0, 0.1) is 0 Å². The Labute approximate surface area is 130 Å². The topological polar surface area (TPSA) is 73.9 Å². The number of hydrogen-bond acceptors (Lipinski definition) is 4. The average molecular weight is 301 g/mol. The van der Waals surface area contributed by atoms with Crippen LogP contribution in [-0.4, -0.2) is 50.4 Å². The van der Waals surface area contributed by atoms with Crippen molar-refractivity contribution < 1.29 is 4.79 Å².